The van der Waals surface area contributed by atoms with Crippen LogP contribution in [0.3, 0.4) is 0 Å². The van der Waals surface area contributed by atoms with E-state index in [-0.39, 0.29) is 11.8 Å². The average Bonchev–Trinajstić information content (AvgIpc) is 3.64. The highest BCUT2D eigenvalue weighted by molar-refractivity contribution is 7.22. The molecule has 12 heteroatoms. The fourth-order valence-electron chi connectivity index (χ4n) is 4.41. The zero-order valence-corrected chi connectivity index (χ0v) is 22.2. The number of benzene rings is 1. The SMILES string of the molecule is NC(=O)N1CCN(Cc2ccc(-c3cc4nccc(Oc5ccc(NC(=O)NC6=CC6)cc5F)c4s3)nc2)CC1. The molecular formula is C28H26FN7O3S. The van der Waals surface area contributed by atoms with Crippen molar-refractivity contribution >= 4 is 39.3 Å². The summed E-state index contributed by atoms with van der Waals surface area (Å²) in [7, 11) is 0. The van der Waals surface area contributed by atoms with Crippen molar-refractivity contribution in [3.05, 3.63) is 78.0 Å². The maximum Gasteiger partial charge on any atom is 0.323 e. The largest absolute Gasteiger partial charge is 0.453 e. The second-order valence-electron chi connectivity index (χ2n) is 9.55. The number of fused-ring (bicyclic) bond motifs is 1. The number of halogens is 1. The molecule has 1 fully saturated rings. The summed E-state index contributed by atoms with van der Waals surface area (Å²) in [6.07, 6.45) is 6.12. The molecule has 40 heavy (non-hydrogen) atoms. The normalized spacial score (nSPS) is 15.0. The molecule has 0 saturated carbocycles. The predicted molar refractivity (Wildman–Crippen MR) is 151 cm³/mol. The molecule has 10 nitrogen and oxygen atoms in total. The van der Waals surface area contributed by atoms with Crippen LogP contribution in [-0.4, -0.2) is 58.0 Å². The van der Waals surface area contributed by atoms with Crippen molar-refractivity contribution in [2.75, 3.05) is 31.5 Å². The molecule has 1 aliphatic carbocycles. The second kappa shape index (κ2) is 10.9. The van der Waals surface area contributed by atoms with Gasteiger partial charge in [0, 0.05) is 75.1 Å². The molecule has 3 aromatic heterocycles. The number of amides is 4. The van der Waals surface area contributed by atoms with E-state index in [1.165, 1.54) is 23.5 Å². The Morgan fingerprint density at radius 1 is 1.02 bits per heavy atom. The van der Waals surface area contributed by atoms with E-state index >= 15 is 0 Å². The standard InChI is InChI=1S/C28H26FN7O3S/c29-20-13-19(34-28(38)33-18-2-3-18)4-6-23(20)39-24-7-8-31-22-14-25(40-26(22)24)21-5-1-17(15-32-21)16-35-9-11-36(12-10-35)27(30)37/h1-2,4-8,13-15H,3,9-12,16H2,(H2,30,37)(H2,33,34,38). The monoisotopic (exact) mass is 559 g/mol. The number of urea groups is 2. The first-order chi connectivity index (χ1) is 19.4. The smallest absolute Gasteiger partial charge is 0.323 e. The van der Waals surface area contributed by atoms with Crippen molar-refractivity contribution < 1.29 is 18.7 Å². The molecule has 0 radical (unpaired) electrons. The number of nitrogens with zero attached hydrogens (tertiary/aromatic N) is 4. The van der Waals surface area contributed by atoms with Gasteiger partial charge in [0.1, 0.15) is 5.75 Å². The number of aromatic nitrogens is 2. The number of anilines is 1. The highest BCUT2D eigenvalue weighted by atomic mass is 32.1. The van der Waals surface area contributed by atoms with Gasteiger partial charge in [-0.25, -0.2) is 14.0 Å². The lowest BCUT2D eigenvalue weighted by molar-refractivity contribution is 0.140. The summed E-state index contributed by atoms with van der Waals surface area (Å²) < 4.78 is 21.5. The molecule has 0 spiro atoms. The number of allylic oxidation sites excluding steroid dienone is 2. The summed E-state index contributed by atoms with van der Waals surface area (Å²) in [6, 6.07) is 11.2. The van der Waals surface area contributed by atoms with Crippen molar-refractivity contribution in [1.29, 1.82) is 0 Å². The van der Waals surface area contributed by atoms with Crippen molar-refractivity contribution in [3.63, 3.8) is 0 Å². The van der Waals surface area contributed by atoms with Gasteiger partial charge in [-0.05, 0) is 29.8 Å². The van der Waals surface area contributed by atoms with Gasteiger partial charge in [-0.3, -0.25) is 14.9 Å². The van der Waals surface area contributed by atoms with Gasteiger partial charge >= 0.3 is 12.1 Å². The van der Waals surface area contributed by atoms with Crippen LogP contribution in [-0.2, 0) is 6.54 Å². The number of carbonyl (C=O) groups is 2. The summed E-state index contributed by atoms with van der Waals surface area (Å²) in [4.78, 5) is 37.2. The zero-order chi connectivity index (χ0) is 27.6. The van der Waals surface area contributed by atoms with Gasteiger partial charge < -0.3 is 26.0 Å². The lowest BCUT2D eigenvalue weighted by Crippen LogP contribution is -2.50. The number of nitrogens with one attached hydrogen (secondary N) is 2. The number of hydrogen-bond acceptors (Lipinski definition) is 7. The predicted octanol–water partition coefficient (Wildman–Crippen LogP) is 4.90. The van der Waals surface area contributed by atoms with Crippen LogP contribution >= 0.6 is 11.3 Å². The summed E-state index contributed by atoms with van der Waals surface area (Å²) in [5.41, 5.74) is 9.14. The van der Waals surface area contributed by atoms with Gasteiger partial charge in [0.2, 0.25) is 0 Å². The third-order valence-electron chi connectivity index (χ3n) is 6.64. The van der Waals surface area contributed by atoms with Gasteiger partial charge in [0.15, 0.2) is 11.6 Å². The van der Waals surface area contributed by atoms with E-state index in [0.717, 1.165) is 58.1 Å². The van der Waals surface area contributed by atoms with Gasteiger partial charge in [0.25, 0.3) is 0 Å². The third-order valence-corrected chi connectivity index (χ3v) is 7.80. The van der Waals surface area contributed by atoms with E-state index in [2.05, 4.69) is 25.5 Å². The Hall–Kier alpha value is -4.55. The highest BCUT2D eigenvalue weighted by Crippen LogP contribution is 2.39. The average molecular weight is 560 g/mol. The fraction of sp³-hybridized carbons (Fsp3) is 0.214. The van der Waals surface area contributed by atoms with Gasteiger partial charge in [-0.1, -0.05) is 12.1 Å². The number of primary amides is 1. The number of nitrogens with two attached hydrogens (primary N) is 1. The molecule has 1 aromatic carbocycles. The van der Waals surface area contributed by atoms with Crippen LogP contribution in [0.5, 0.6) is 11.5 Å². The third kappa shape index (κ3) is 5.87. The molecule has 4 aromatic rings. The molecule has 0 atom stereocenters. The lowest BCUT2D eigenvalue weighted by Gasteiger charge is -2.33. The van der Waals surface area contributed by atoms with Crippen molar-refractivity contribution in [2.45, 2.75) is 13.0 Å². The van der Waals surface area contributed by atoms with Crippen LogP contribution in [0.1, 0.15) is 12.0 Å². The van der Waals surface area contributed by atoms with Crippen molar-refractivity contribution in [2.24, 2.45) is 5.73 Å². The Balaban J connectivity index is 1.13. The Bertz CT molecular complexity index is 1610. The number of pyridine rings is 2. The second-order valence-corrected chi connectivity index (χ2v) is 10.6. The maximum absolute atomic E-state index is 14.8. The van der Waals surface area contributed by atoms with Crippen molar-refractivity contribution in [1.82, 2.24) is 25.1 Å². The molecule has 1 aliphatic heterocycles. The highest BCUT2D eigenvalue weighted by Gasteiger charge is 2.20. The minimum Gasteiger partial charge on any atom is -0.453 e. The Morgan fingerprint density at radius 2 is 1.85 bits per heavy atom. The molecule has 4 amide bonds. The van der Waals surface area contributed by atoms with E-state index < -0.39 is 11.8 Å². The molecule has 1 saturated heterocycles. The lowest BCUT2D eigenvalue weighted by atomic mass is 10.2. The number of rotatable bonds is 7. The van der Waals surface area contributed by atoms with Crippen LogP contribution in [0.25, 0.3) is 20.8 Å². The number of hydrogen-bond donors (Lipinski definition) is 3. The minimum atomic E-state index is -0.599. The van der Waals surface area contributed by atoms with E-state index in [1.54, 1.807) is 23.2 Å². The Labute approximate surface area is 233 Å². The summed E-state index contributed by atoms with van der Waals surface area (Å²) in [5, 5.41) is 5.27. The first kappa shape index (κ1) is 25.7. The quantitative estimate of drug-likeness (QED) is 0.296. The van der Waals surface area contributed by atoms with Gasteiger partial charge in [0.05, 0.1) is 20.8 Å². The first-order valence-corrected chi connectivity index (χ1v) is 13.6. The van der Waals surface area contributed by atoms with Crippen LogP contribution in [0.2, 0.25) is 0 Å². The zero-order valence-electron chi connectivity index (χ0n) is 21.4. The maximum atomic E-state index is 14.8. The summed E-state index contributed by atoms with van der Waals surface area (Å²) in [5.74, 6) is -0.0816. The van der Waals surface area contributed by atoms with E-state index in [4.69, 9.17) is 10.5 Å². The number of piperazine rings is 1. The molecule has 4 heterocycles. The van der Waals surface area contributed by atoms with Crippen LogP contribution < -0.4 is 21.1 Å². The summed E-state index contributed by atoms with van der Waals surface area (Å²) in [6.45, 7) is 3.53. The van der Waals surface area contributed by atoms with Crippen molar-refractivity contribution in [3.8, 4) is 22.1 Å². The Kier molecular flexibility index (Phi) is 7.01. The topological polar surface area (TPSA) is 126 Å². The van der Waals surface area contributed by atoms with Gasteiger partial charge in [-0.15, -0.1) is 11.3 Å². The minimum absolute atomic E-state index is 0.0393. The molecule has 6 rings (SSSR count). The number of carbonyl (C=O) groups excluding carboxylic acids is 2. The Morgan fingerprint density at radius 3 is 2.55 bits per heavy atom. The van der Waals surface area contributed by atoms with E-state index in [1.807, 2.05) is 30.5 Å². The first-order valence-electron chi connectivity index (χ1n) is 12.8. The van der Waals surface area contributed by atoms with E-state index in [9.17, 15) is 14.0 Å². The molecule has 0 unspecified atom stereocenters. The van der Waals surface area contributed by atoms with E-state index in [0.29, 0.717) is 24.5 Å². The summed E-state index contributed by atoms with van der Waals surface area (Å²) >= 11 is 1.47. The van der Waals surface area contributed by atoms with Gasteiger partial charge in [-0.2, -0.15) is 0 Å². The fourth-order valence-corrected chi connectivity index (χ4v) is 5.45. The molecule has 2 aliphatic rings. The van der Waals surface area contributed by atoms with Crippen LogP contribution in [0.15, 0.2) is 66.6 Å². The molecule has 4 N–H and O–H groups in total. The molecule has 0 bridgehead atoms. The molecular weight excluding hydrogens is 533 g/mol. The number of ether oxygens (including phenoxy) is 1. The molecule has 204 valence electrons. The number of thiophene rings is 1. The van der Waals surface area contributed by atoms with Crippen LogP contribution in [0, 0.1) is 5.82 Å². The van der Waals surface area contributed by atoms with Crippen LogP contribution in [0.4, 0.5) is 19.7 Å².